The Labute approximate surface area is 90.6 Å². The molecule has 0 radical (unpaired) electrons. The third-order valence-electron chi connectivity index (χ3n) is 3.49. The van der Waals surface area contributed by atoms with Crippen LogP contribution in [0.4, 0.5) is 0 Å². The molecule has 1 saturated heterocycles. The number of nitrogens with zero attached hydrogens (tertiary/aromatic N) is 2. The van der Waals surface area contributed by atoms with Gasteiger partial charge in [-0.05, 0) is 30.4 Å². The molecule has 2 unspecified atom stereocenters. The summed E-state index contributed by atoms with van der Waals surface area (Å²) < 4.78 is 0. The molecule has 4 rings (SSSR count). The van der Waals surface area contributed by atoms with Gasteiger partial charge in [-0.2, -0.15) is 0 Å². The second kappa shape index (κ2) is 3.78. The van der Waals surface area contributed by atoms with E-state index in [1.165, 1.54) is 24.9 Å². The zero-order chi connectivity index (χ0) is 10.1. The van der Waals surface area contributed by atoms with Crippen molar-refractivity contribution in [2.24, 2.45) is 5.92 Å². The quantitative estimate of drug-likeness (QED) is 0.681. The summed E-state index contributed by atoms with van der Waals surface area (Å²) in [5.74, 6) is 0.798. The van der Waals surface area contributed by atoms with Crippen LogP contribution in [0.15, 0.2) is 36.7 Å². The van der Waals surface area contributed by atoms with Crippen molar-refractivity contribution in [3.05, 3.63) is 42.2 Å². The van der Waals surface area contributed by atoms with E-state index in [0.717, 1.165) is 12.5 Å². The summed E-state index contributed by atoms with van der Waals surface area (Å²) in [7, 11) is 0. The van der Waals surface area contributed by atoms with E-state index in [0.29, 0.717) is 6.04 Å². The maximum atomic E-state index is 4.17. The highest BCUT2D eigenvalue weighted by atomic mass is 15.2. The second-order valence-electron chi connectivity index (χ2n) is 4.58. The fourth-order valence-corrected chi connectivity index (χ4v) is 2.66. The summed E-state index contributed by atoms with van der Waals surface area (Å²) >= 11 is 0. The monoisotopic (exact) mass is 200 g/mol. The fraction of sp³-hybridized carbons (Fsp3) is 0.462. The number of rotatable bonds is 2. The first-order valence-corrected chi connectivity index (χ1v) is 5.73. The standard InChI is InChI=1S/C13H16N2/c1-2-12(8-14-7-1)10-15-9-11-3-5-13(15)6-4-11/h1-3,5,7-8,11,13H,4,6,9-10H2. The van der Waals surface area contributed by atoms with Crippen LogP contribution in [0.5, 0.6) is 0 Å². The maximum Gasteiger partial charge on any atom is 0.0312 e. The van der Waals surface area contributed by atoms with E-state index >= 15 is 0 Å². The van der Waals surface area contributed by atoms with Gasteiger partial charge in [0.1, 0.15) is 0 Å². The normalized spacial score (nSPS) is 29.6. The smallest absolute Gasteiger partial charge is 0.0312 e. The summed E-state index contributed by atoms with van der Waals surface area (Å²) in [6.45, 7) is 2.29. The molecule has 1 fully saturated rings. The minimum atomic E-state index is 0.676. The van der Waals surface area contributed by atoms with E-state index in [-0.39, 0.29) is 0 Å². The molecule has 3 heterocycles. The first kappa shape index (κ1) is 9.10. The number of fused-ring (bicyclic) bond motifs is 2. The number of pyridine rings is 1. The van der Waals surface area contributed by atoms with Crippen LogP contribution in [0.2, 0.25) is 0 Å². The molecule has 0 aromatic carbocycles. The Morgan fingerprint density at radius 1 is 1.33 bits per heavy atom. The Hall–Kier alpha value is -1.15. The first-order chi connectivity index (χ1) is 7.42. The Balaban J connectivity index is 1.72. The SMILES string of the molecule is C1=CC2CCC1CN2Cc1cccnc1. The van der Waals surface area contributed by atoms with Gasteiger partial charge in [0.25, 0.3) is 0 Å². The number of piperidine rings is 1. The molecule has 0 amide bonds. The Bertz CT molecular complexity index is 358. The summed E-state index contributed by atoms with van der Waals surface area (Å²) in [6.07, 6.45) is 11.3. The lowest BCUT2D eigenvalue weighted by atomic mass is 9.86. The summed E-state index contributed by atoms with van der Waals surface area (Å²) in [5.41, 5.74) is 1.33. The molecule has 1 aliphatic carbocycles. The maximum absolute atomic E-state index is 4.17. The van der Waals surface area contributed by atoms with Crippen LogP contribution >= 0.6 is 0 Å². The molecule has 2 nitrogen and oxygen atoms in total. The van der Waals surface area contributed by atoms with Crippen molar-refractivity contribution in [3.8, 4) is 0 Å². The van der Waals surface area contributed by atoms with E-state index in [1.54, 1.807) is 0 Å². The molecule has 1 aromatic rings. The molecule has 78 valence electrons. The number of hydrogen-bond donors (Lipinski definition) is 0. The number of hydrogen-bond acceptors (Lipinski definition) is 2. The van der Waals surface area contributed by atoms with Crippen LogP contribution in [0.1, 0.15) is 18.4 Å². The van der Waals surface area contributed by atoms with Gasteiger partial charge in [-0.3, -0.25) is 9.88 Å². The molecule has 2 aliphatic heterocycles. The van der Waals surface area contributed by atoms with Crippen LogP contribution in [0.25, 0.3) is 0 Å². The highest BCUT2D eigenvalue weighted by molar-refractivity contribution is 5.13. The van der Waals surface area contributed by atoms with Crippen LogP contribution in [-0.2, 0) is 6.54 Å². The fourth-order valence-electron chi connectivity index (χ4n) is 2.66. The number of aromatic nitrogens is 1. The minimum absolute atomic E-state index is 0.676. The lowest BCUT2D eigenvalue weighted by Gasteiger charge is -2.41. The van der Waals surface area contributed by atoms with Gasteiger partial charge in [-0.15, -0.1) is 0 Å². The molecular weight excluding hydrogens is 184 g/mol. The van der Waals surface area contributed by atoms with Crippen LogP contribution in [-0.4, -0.2) is 22.5 Å². The summed E-state index contributed by atoms with van der Waals surface area (Å²) in [4.78, 5) is 6.74. The van der Waals surface area contributed by atoms with Gasteiger partial charge in [0.15, 0.2) is 0 Å². The van der Waals surface area contributed by atoms with E-state index in [4.69, 9.17) is 0 Å². The van der Waals surface area contributed by atoms with Crippen molar-refractivity contribution in [2.75, 3.05) is 6.54 Å². The molecule has 0 saturated carbocycles. The van der Waals surface area contributed by atoms with Crippen LogP contribution in [0, 0.1) is 5.92 Å². The third-order valence-corrected chi connectivity index (χ3v) is 3.49. The second-order valence-corrected chi connectivity index (χ2v) is 4.58. The molecular formula is C13H16N2. The van der Waals surface area contributed by atoms with Gasteiger partial charge < -0.3 is 0 Å². The van der Waals surface area contributed by atoms with E-state index in [2.05, 4.69) is 28.1 Å². The molecule has 1 aromatic heterocycles. The Morgan fingerprint density at radius 3 is 2.93 bits per heavy atom. The minimum Gasteiger partial charge on any atom is -0.292 e. The van der Waals surface area contributed by atoms with Crippen LogP contribution in [0.3, 0.4) is 0 Å². The third kappa shape index (κ3) is 1.82. The van der Waals surface area contributed by atoms with E-state index < -0.39 is 0 Å². The van der Waals surface area contributed by atoms with Gasteiger partial charge in [0, 0.05) is 31.5 Å². The highest BCUT2D eigenvalue weighted by Crippen LogP contribution is 2.30. The van der Waals surface area contributed by atoms with Gasteiger partial charge >= 0.3 is 0 Å². The zero-order valence-electron chi connectivity index (χ0n) is 8.84. The molecule has 0 N–H and O–H groups in total. The molecule has 2 heteroatoms. The summed E-state index contributed by atoms with van der Waals surface area (Å²) in [6, 6.07) is 4.86. The first-order valence-electron chi connectivity index (χ1n) is 5.73. The van der Waals surface area contributed by atoms with Crippen molar-refractivity contribution in [1.82, 2.24) is 9.88 Å². The Morgan fingerprint density at radius 2 is 2.33 bits per heavy atom. The van der Waals surface area contributed by atoms with Gasteiger partial charge in [-0.25, -0.2) is 0 Å². The predicted octanol–water partition coefficient (Wildman–Crippen LogP) is 2.23. The highest BCUT2D eigenvalue weighted by Gasteiger charge is 2.29. The van der Waals surface area contributed by atoms with Crippen molar-refractivity contribution < 1.29 is 0 Å². The van der Waals surface area contributed by atoms with Crippen molar-refractivity contribution in [2.45, 2.75) is 25.4 Å². The van der Waals surface area contributed by atoms with Gasteiger partial charge in [0.2, 0.25) is 0 Å². The molecule has 2 atom stereocenters. The molecule has 3 aliphatic rings. The molecule has 15 heavy (non-hydrogen) atoms. The predicted molar refractivity (Wildman–Crippen MR) is 60.3 cm³/mol. The lowest BCUT2D eigenvalue weighted by molar-refractivity contribution is 0.129. The van der Waals surface area contributed by atoms with E-state index in [9.17, 15) is 0 Å². The van der Waals surface area contributed by atoms with Crippen molar-refractivity contribution >= 4 is 0 Å². The van der Waals surface area contributed by atoms with Gasteiger partial charge in [-0.1, -0.05) is 18.2 Å². The lowest BCUT2D eigenvalue weighted by Crippen LogP contribution is -2.44. The molecule has 2 bridgehead atoms. The topological polar surface area (TPSA) is 16.1 Å². The van der Waals surface area contributed by atoms with E-state index in [1.807, 2.05) is 18.5 Å². The summed E-state index contributed by atoms with van der Waals surface area (Å²) in [5, 5.41) is 0. The van der Waals surface area contributed by atoms with Crippen molar-refractivity contribution in [3.63, 3.8) is 0 Å². The zero-order valence-corrected chi connectivity index (χ0v) is 8.84. The van der Waals surface area contributed by atoms with Gasteiger partial charge in [0.05, 0.1) is 0 Å². The largest absolute Gasteiger partial charge is 0.292 e. The Kier molecular flexibility index (Phi) is 2.29. The average molecular weight is 200 g/mol. The van der Waals surface area contributed by atoms with Crippen LogP contribution < -0.4 is 0 Å². The molecule has 0 spiro atoms. The van der Waals surface area contributed by atoms with Crippen molar-refractivity contribution in [1.29, 1.82) is 0 Å². The average Bonchev–Trinajstić information content (AvgIpc) is 2.32.